The third kappa shape index (κ3) is 3.97. The summed E-state index contributed by atoms with van der Waals surface area (Å²) in [6.45, 7) is 3.78. The van der Waals surface area contributed by atoms with Crippen LogP contribution in [0.1, 0.15) is 41.6 Å². The standard InChI is InChI=1S/C16H24N2O2/c1-12-6-7-15(20-2)14(11-12)16(19)18-10-8-13-5-3-4-9-17-13/h6-7,11,13,17H,3-5,8-10H2,1-2H3,(H,18,19). The first-order valence-electron chi connectivity index (χ1n) is 7.37. The highest BCUT2D eigenvalue weighted by Crippen LogP contribution is 2.19. The highest BCUT2D eigenvalue weighted by Gasteiger charge is 2.15. The van der Waals surface area contributed by atoms with E-state index in [0.29, 0.717) is 23.9 Å². The molecule has 0 aliphatic carbocycles. The minimum atomic E-state index is -0.0543. The number of carbonyl (C=O) groups is 1. The van der Waals surface area contributed by atoms with Crippen LogP contribution >= 0.6 is 0 Å². The molecule has 1 fully saturated rings. The van der Waals surface area contributed by atoms with Crippen molar-refractivity contribution in [2.45, 2.75) is 38.6 Å². The van der Waals surface area contributed by atoms with E-state index in [1.165, 1.54) is 19.3 Å². The monoisotopic (exact) mass is 276 g/mol. The van der Waals surface area contributed by atoms with E-state index in [1.54, 1.807) is 7.11 Å². The number of methoxy groups -OCH3 is 1. The number of hydrogen-bond acceptors (Lipinski definition) is 3. The van der Waals surface area contributed by atoms with Crippen LogP contribution in [0.5, 0.6) is 5.75 Å². The zero-order valence-electron chi connectivity index (χ0n) is 12.4. The summed E-state index contributed by atoms with van der Waals surface area (Å²) in [7, 11) is 1.59. The first-order chi connectivity index (χ1) is 9.70. The Balaban J connectivity index is 1.86. The lowest BCUT2D eigenvalue weighted by Gasteiger charge is -2.23. The number of rotatable bonds is 5. The molecule has 4 nitrogen and oxygen atoms in total. The first kappa shape index (κ1) is 14.9. The van der Waals surface area contributed by atoms with Crippen LogP contribution in [0.15, 0.2) is 18.2 Å². The summed E-state index contributed by atoms with van der Waals surface area (Å²) >= 11 is 0. The lowest BCUT2D eigenvalue weighted by molar-refractivity contribution is 0.0948. The molecular formula is C16H24N2O2. The molecule has 1 aliphatic heterocycles. The summed E-state index contributed by atoms with van der Waals surface area (Å²) in [6.07, 6.45) is 4.75. The van der Waals surface area contributed by atoms with E-state index in [0.717, 1.165) is 18.5 Å². The number of carbonyl (C=O) groups excluding carboxylic acids is 1. The molecule has 1 aromatic carbocycles. The number of piperidine rings is 1. The molecule has 0 saturated carbocycles. The van der Waals surface area contributed by atoms with Crippen molar-refractivity contribution >= 4 is 5.91 Å². The van der Waals surface area contributed by atoms with Gasteiger partial charge in [0.1, 0.15) is 5.75 Å². The van der Waals surface area contributed by atoms with Gasteiger partial charge in [-0.15, -0.1) is 0 Å². The van der Waals surface area contributed by atoms with Gasteiger partial charge < -0.3 is 15.4 Å². The number of amides is 1. The molecule has 1 saturated heterocycles. The Morgan fingerprint density at radius 3 is 3.00 bits per heavy atom. The maximum atomic E-state index is 12.2. The first-order valence-corrected chi connectivity index (χ1v) is 7.37. The second kappa shape index (κ2) is 7.29. The van der Waals surface area contributed by atoms with Crippen LogP contribution < -0.4 is 15.4 Å². The fraction of sp³-hybridized carbons (Fsp3) is 0.562. The predicted molar refractivity (Wildman–Crippen MR) is 80.3 cm³/mol. The Morgan fingerprint density at radius 1 is 1.45 bits per heavy atom. The second-order valence-electron chi connectivity index (χ2n) is 5.40. The molecule has 0 bridgehead atoms. The summed E-state index contributed by atoms with van der Waals surface area (Å²) in [5, 5.41) is 6.48. The summed E-state index contributed by atoms with van der Waals surface area (Å²) in [4.78, 5) is 12.2. The number of ether oxygens (including phenoxy) is 1. The van der Waals surface area contributed by atoms with E-state index in [2.05, 4.69) is 10.6 Å². The van der Waals surface area contributed by atoms with Gasteiger partial charge >= 0.3 is 0 Å². The molecule has 1 unspecified atom stereocenters. The minimum Gasteiger partial charge on any atom is -0.496 e. The smallest absolute Gasteiger partial charge is 0.255 e. The van der Waals surface area contributed by atoms with Crippen LogP contribution in [-0.4, -0.2) is 32.1 Å². The molecule has 4 heteroatoms. The number of benzene rings is 1. The van der Waals surface area contributed by atoms with E-state index in [-0.39, 0.29) is 5.91 Å². The molecule has 1 amide bonds. The van der Waals surface area contributed by atoms with Gasteiger partial charge in [-0.25, -0.2) is 0 Å². The van der Waals surface area contributed by atoms with Crippen molar-refractivity contribution in [2.24, 2.45) is 0 Å². The van der Waals surface area contributed by atoms with Gasteiger partial charge in [-0.05, 0) is 44.9 Å². The number of nitrogens with one attached hydrogen (secondary N) is 2. The van der Waals surface area contributed by atoms with Crippen molar-refractivity contribution in [2.75, 3.05) is 20.2 Å². The van der Waals surface area contributed by atoms with Gasteiger partial charge in [0.15, 0.2) is 0 Å². The van der Waals surface area contributed by atoms with Gasteiger partial charge in [0, 0.05) is 12.6 Å². The van der Waals surface area contributed by atoms with Crippen molar-refractivity contribution in [1.29, 1.82) is 0 Å². The molecule has 1 atom stereocenters. The van der Waals surface area contributed by atoms with Gasteiger partial charge in [-0.3, -0.25) is 4.79 Å². The van der Waals surface area contributed by atoms with Crippen molar-refractivity contribution < 1.29 is 9.53 Å². The highest BCUT2D eigenvalue weighted by atomic mass is 16.5. The quantitative estimate of drug-likeness (QED) is 0.867. The van der Waals surface area contributed by atoms with Crippen molar-refractivity contribution in [1.82, 2.24) is 10.6 Å². The van der Waals surface area contributed by atoms with Gasteiger partial charge in [0.2, 0.25) is 0 Å². The zero-order chi connectivity index (χ0) is 14.4. The topological polar surface area (TPSA) is 50.4 Å². The molecule has 1 aromatic rings. The summed E-state index contributed by atoms with van der Waals surface area (Å²) < 4.78 is 5.24. The van der Waals surface area contributed by atoms with Gasteiger partial charge in [-0.1, -0.05) is 18.1 Å². The Bertz CT molecular complexity index is 454. The molecule has 0 radical (unpaired) electrons. The van der Waals surface area contributed by atoms with Crippen LogP contribution in [0, 0.1) is 6.92 Å². The second-order valence-corrected chi connectivity index (χ2v) is 5.40. The van der Waals surface area contributed by atoms with Crippen molar-refractivity contribution in [3.63, 3.8) is 0 Å². The zero-order valence-corrected chi connectivity index (χ0v) is 12.4. The van der Waals surface area contributed by atoms with Crippen LogP contribution in [0.25, 0.3) is 0 Å². The molecule has 2 rings (SSSR count). The molecule has 2 N–H and O–H groups in total. The summed E-state index contributed by atoms with van der Waals surface area (Å²) in [5.74, 6) is 0.574. The third-order valence-corrected chi connectivity index (χ3v) is 3.79. The molecule has 1 aliphatic rings. The van der Waals surface area contributed by atoms with Gasteiger partial charge in [0.25, 0.3) is 5.91 Å². The molecule has 0 spiro atoms. The fourth-order valence-electron chi connectivity index (χ4n) is 2.62. The average molecular weight is 276 g/mol. The highest BCUT2D eigenvalue weighted by molar-refractivity contribution is 5.97. The number of aryl methyl sites for hydroxylation is 1. The summed E-state index contributed by atoms with van der Waals surface area (Å²) in [6, 6.07) is 6.20. The van der Waals surface area contributed by atoms with E-state index < -0.39 is 0 Å². The molecular weight excluding hydrogens is 252 g/mol. The Hall–Kier alpha value is -1.55. The Labute approximate surface area is 120 Å². The van der Waals surface area contributed by atoms with E-state index >= 15 is 0 Å². The third-order valence-electron chi connectivity index (χ3n) is 3.79. The van der Waals surface area contributed by atoms with Gasteiger partial charge in [0.05, 0.1) is 12.7 Å². The molecule has 1 heterocycles. The lowest BCUT2D eigenvalue weighted by Crippen LogP contribution is -2.37. The number of hydrogen-bond donors (Lipinski definition) is 2. The van der Waals surface area contributed by atoms with Crippen LogP contribution in [0.2, 0.25) is 0 Å². The maximum absolute atomic E-state index is 12.2. The van der Waals surface area contributed by atoms with Crippen molar-refractivity contribution in [3.8, 4) is 5.75 Å². The molecule has 110 valence electrons. The predicted octanol–water partition coefficient (Wildman–Crippen LogP) is 2.27. The minimum absolute atomic E-state index is 0.0543. The normalized spacial score (nSPS) is 18.6. The Morgan fingerprint density at radius 2 is 2.30 bits per heavy atom. The lowest BCUT2D eigenvalue weighted by atomic mass is 10.0. The SMILES string of the molecule is COc1ccc(C)cc1C(=O)NCCC1CCCCN1. The molecule has 20 heavy (non-hydrogen) atoms. The van der Waals surface area contributed by atoms with E-state index in [9.17, 15) is 4.79 Å². The average Bonchev–Trinajstić information content (AvgIpc) is 2.48. The Kier molecular flexibility index (Phi) is 5.41. The fourth-order valence-corrected chi connectivity index (χ4v) is 2.62. The maximum Gasteiger partial charge on any atom is 0.255 e. The molecule has 0 aromatic heterocycles. The van der Waals surface area contributed by atoms with E-state index in [4.69, 9.17) is 4.74 Å². The van der Waals surface area contributed by atoms with Crippen LogP contribution in [0.3, 0.4) is 0 Å². The van der Waals surface area contributed by atoms with Crippen LogP contribution in [-0.2, 0) is 0 Å². The van der Waals surface area contributed by atoms with Crippen molar-refractivity contribution in [3.05, 3.63) is 29.3 Å². The van der Waals surface area contributed by atoms with Crippen LogP contribution in [0.4, 0.5) is 0 Å². The summed E-state index contributed by atoms with van der Waals surface area (Å²) in [5.41, 5.74) is 1.68. The van der Waals surface area contributed by atoms with Gasteiger partial charge in [-0.2, -0.15) is 0 Å². The van der Waals surface area contributed by atoms with E-state index in [1.807, 2.05) is 25.1 Å². The largest absolute Gasteiger partial charge is 0.496 e.